The summed E-state index contributed by atoms with van der Waals surface area (Å²) in [5, 5.41) is 0. The quantitative estimate of drug-likeness (QED) is 0.331. The lowest BCUT2D eigenvalue weighted by molar-refractivity contribution is -0.107. The molecule has 13 heavy (non-hydrogen) atoms. The largest absolute Gasteiger partial charge is 0.309 e. The van der Waals surface area contributed by atoms with E-state index in [9.17, 15) is 4.79 Å². The molecule has 0 radical (unpaired) electrons. The van der Waals surface area contributed by atoms with Crippen molar-refractivity contribution in [2.45, 2.75) is 12.8 Å². The van der Waals surface area contributed by atoms with Crippen LogP contribution in [0.1, 0.15) is 12.8 Å². The first kappa shape index (κ1) is 12.0. The lowest BCUT2D eigenvalue weighted by Gasteiger charge is -2.05. The van der Waals surface area contributed by atoms with E-state index >= 15 is 0 Å². The van der Waals surface area contributed by atoms with Crippen LogP contribution in [0.4, 0.5) is 0 Å². The molecular weight excluding hydrogens is 166 g/mol. The zero-order valence-corrected chi connectivity index (χ0v) is 8.36. The van der Waals surface area contributed by atoms with E-state index in [0.717, 1.165) is 25.8 Å². The minimum absolute atomic E-state index is 0.459. The highest BCUT2D eigenvalue weighted by molar-refractivity contribution is 5.50. The third-order valence-electron chi connectivity index (χ3n) is 1.38. The maximum absolute atomic E-state index is 9.89. The summed E-state index contributed by atoms with van der Waals surface area (Å²) < 4.78 is 0. The molecule has 0 heterocycles. The van der Waals surface area contributed by atoms with Gasteiger partial charge in [-0.3, -0.25) is 0 Å². The van der Waals surface area contributed by atoms with Gasteiger partial charge in [0.15, 0.2) is 0 Å². The highest BCUT2D eigenvalue weighted by Gasteiger charge is 1.86. The smallest absolute Gasteiger partial charge is 0.121 e. The van der Waals surface area contributed by atoms with Gasteiger partial charge in [-0.1, -0.05) is 0 Å². The van der Waals surface area contributed by atoms with Crippen molar-refractivity contribution in [2.24, 2.45) is 9.98 Å². The molecule has 0 aromatic carbocycles. The predicted octanol–water partition coefficient (Wildman–Crippen LogP) is 0.701. The van der Waals surface area contributed by atoms with Crippen molar-refractivity contribution in [3.8, 4) is 0 Å². The van der Waals surface area contributed by atoms with Crippen molar-refractivity contribution in [1.82, 2.24) is 4.90 Å². The molecule has 0 fully saturated rings. The van der Waals surface area contributed by atoms with Crippen LogP contribution in [0.2, 0.25) is 0 Å². The van der Waals surface area contributed by atoms with Crippen LogP contribution in [0, 0.1) is 0 Å². The topological polar surface area (TPSA) is 45.0 Å². The molecule has 0 aliphatic heterocycles. The second-order valence-electron chi connectivity index (χ2n) is 2.98. The molecule has 0 amide bonds. The van der Waals surface area contributed by atoms with Crippen LogP contribution in [-0.4, -0.2) is 50.9 Å². The number of aliphatic imine (C=N–C) groups is 2. The van der Waals surface area contributed by atoms with E-state index in [2.05, 4.69) is 20.9 Å². The number of carbonyl (C=O) groups excluding carboxylic acids is 1. The van der Waals surface area contributed by atoms with Gasteiger partial charge < -0.3 is 9.69 Å². The molecule has 0 unspecified atom stereocenters. The number of rotatable bonds is 7. The fourth-order valence-corrected chi connectivity index (χ4v) is 0.733. The molecule has 0 saturated heterocycles. The number of hydrogen-bond donors (Lipinski definition) is 0. The summed E-state index contributed by atoms with van der Waals surface area (Å²) in [6, 6.07) is 2.57. The maximum Gasteiger partial charge on any atom is 0.121 e. The molecule has 0 N–H and O–H groups in total. The Labute approximate surface area is 79.4 Å². The molecular formula is C9H17N3O. The van der Waals surface area contributed by atoms with Gasteiger partial charge in [0.05, 0.1) is 19.1 Å². The van der Waals surface area contributed by atoms with E-state index in [1.54, 1.807) is 0 Å². The van der Waals surface area contributed by atoms with Crippen molar-refractivity contribution in [3.05, 3.63) is 0 Å². The molecule has 0 atom stereocenters. The third kappa shape index (κ3) is 11.0. The van der Waals surface area contributed by atoms with Gasteiger partial charge in [0.2, 0.25) is 0 Å². The van der Waals surface area contributed by atoms with Crippen molar-refractivity contribution < 1.29 is 4.79 Å². The number of carbonyl (C=O) groups is 1. The number of nitrogens with zero attached hydrogens (tertiary/aromatic N) is 3. The second-order valence-corrected chi connectivity index (χ2v) is 2.98. The zero-order valence-electron chi connectivity index (χ0n) is 8.36. The molecule has 4 nitrogen and oxygen atoms in total. The summed E-state index contributed by atoms with van der Waals surface area (Å²) in [5.41, 5.74) is 0. The Morgan fingerprint density at radius 3 is 2.62 bits per heavy atom. The molecule has 0 bridgehead atoms. The minimum Gasteiger partial charge on any atom is -0.309 e. The molecule has 0 aromatic heterocycles. The Bertz CT molecular complexity index is 183. The van der Waals surface area contributed by atoms with E-state index in [1.165, 1.54) is 0 Å². The van der Waals surface area contributed by atoms with Gasteiger partial charge >= 0.3 is 0 Å². The monoisotopic (exact) mass is 183 g/mol. The van der Waals surface area contributed by atoms with Crippen LogP contribution in [0.3, 0.4) is 0 Å². The molecule has 0 aliphatic carbocycles. The fourth-order valence-electron chi connectivity index (χ4n) is 0.733. The zero-order chi connectivity index (χ0) is 9.94. The summed E-state index contributed by atoms with van der Waals surface area (Å²) in [6.07, 6.45) is 2.32. The summed E-state index contributed by atoms with van der Waals surface area (Å²) in [4.78, 5) is 19.8. The molecule has 0 rings (SSSR count). The van der Waals surface area contributed by atoms with Gasteiger partial charge in [-0.15, -0.1) is 0 Å². The average molecular weight is 183 g/mol. The Morgan fingerprint density at radius 1 is 1.31 bits per heavy atom. The lowest BCUT2D eigenvalue weighted by Crippen LogP contribution is -2.13. The van der Waals surface area contributed by atoms with Gasteiger partial charge in [0.25, 0.3) is 0 Å². The van der Waals surface area contributed by atoms with Gasteiger partial charge in [0.1, 0.15) is 6.29 Å². The first-order valence-corrected chi connectivity index (χ1v) is 4.43. The first-order chi connectivity index (χ1) is 6.27. The van der Waals surface area contributed by atoms with Crippen molar-refractivity contribution in [1.29, 1.82) is 0 Å². The van der Waals surface area contributed by atoms with Crippen LogP contribution >= 0.6 is 0 Å². The Morgan fingerprint density at radius 2 is 2.00 bits per heavy atom. The average Bonchev–Trinajstić information content (AvgIpc) is 2.09. The standard InChI is InChI=1S/C9H17N3O/c1-12(2)7-3-5-10-9-11-6-4-8-13/h8H,3-7H2,1-2H3. The highest BCUT2D eigenvalue weighted by Crippen LogP contribution is 1.82. The van der Waals surface area contributed by atoms with Crippen LogP contribution in [0.5, 0.6) is 0 Å². The van der Waals surface area contributed by atoms with E-state index in [0.29, 0.717) is 13.0 Å². The van der Waals surface area contributed by atoms with E-state index < -0.39 is 0 Å². The number of hydrogen-bond acceptors (Lipinski definition) is 4. The molecule has 0 aliphatic rings. The Balaban J connectivity index is 3.29. The molecule has 0 aromatic rings. The lowest BCUT2D eigenvalue weighted by atomic mass is 10.4. The molecule has 4 heteroatoms. The van der Waals surface area contributed by atoms with Crippen molar-refractivity contribution >= 4 is 12.3 Å². The molecule has 0 saturated carbocycles. The van der Waals surface area contributed by atoms with E-state index in [1.807, 2.05) is 14.1 Å². The molecule has 0 spiro atoms. The van der Waals surface area contributed by atoms with Gasteiger partial charge in [-0.2, -0.15) is 0 Å². The van der Waals surface area contributed by atoms with Crippen molar-refractivity contribution in [3.63, 3.8) is 0 Å². The van der Waals surface area contributed by atoms with Gasteiger partial charge in [-0.05, 0) is 27.1 Å². The predicted molar refractivity (Wildman–Crippen MR) is 53.4 cm³/mol. The van der Waals surface area contributed by atoms with Crippen LogP contribution in [-0.2, 0) is 4.79 Å². The summed E-state index contributed by atoms with van der Waals surface area (Å²) in [7, 11) is 4.06. The summed E-state index contributed by atoms with van der Waals surface area (Å²) >= 11 is 0. The Kier molecular flexibility index (Phi) is 8.41. The van der Waals surface area contributed by atoms with Gasteiger partial charge in [-0.25, -0.2) is 9.98 Å². The SMILES string of the molecule is CN(C)CCCN=C=NCCC=O. The maximum atomic E-state index is 9.89. The fraction of sp³-hybridized carbons (Fsp3) is 0.778. The summed E-state index contributed by atoms with van der Waals surface area (Å²) in [5.74, 6) is 0. The first-order valence-electron chi connectivity index (χ1n) is 4.43. The minimum atomic E-state index is 0.459. The van der Waals surface area contributed by atoms with Crippen LogP contribution in [0.25, 0.3) is 0 Å². The normalized spacial score (nSPS) is 9.46. The highest BCUT2D eigenvalue weighted by atomic mass is 16.1. The van der Waals surface area contributed by atoms with Crippen molar-refractivity contribution in [2.75, 3.05) is 33.7 Å². The van der Waals surface area contributed by atoms with Crippen LogP contribution < -0.4 is 0 Å². The third-order valence-corrected chi connectivity index (χ3v) is 1.38. The van der Waals surface area contributed by atoms with Crippen LogP contribution in [0.15, 0.2) is 9.98 Å². The van der Waals surface area contributed by atoms with Gasteiger partial charge in [0, 0.05) is 6.42 Å². The summed E-state index contributed by atoms with van der Waals surface area (Å²) in [6.45, 7) is 2.28. The second kappa shape index (κ2) is 9.10. The Hall–Kier alpha value is -0.990. The molecule has 74 valence electrons. The number of aldehydes is 1. The van der Waals surface area contributed by atoms with E-state index in [4.69, 9.17) is 0 Å². The van der Waals surface area contributed by atoms with E-state index in [-0.39, 0.29) is 0 Å².